The maximum absolute atomic E-state index is 12.1. The average molecular weight is 303 g/mol. The van der Waals surface area contributed by atoms with E-state index in [2.05, 4.69) is 22.5 Å². The van der Waals surface area contributed by atoms with Gasteiger partial charge >= 0.3 is 5.69 Å². The van der Waals surface area contributed by atoms with Crippen molar-refractivity contribution in [1.29, 1.82) is 0 Å². The highest BCUT2D eigenvalue weighted by Crippen LogP contribution is 2.19. The number of oxime groups is 1. The first kappa shape index (κ1) is 15.9. The Hall–Kier alpha value is -2.44. The van der Waals surface area contributed by atoms with Gasteiger partial charge in [0.15, 0.2) is 0 Å². The Kier molecular flexibility index (Phi) is 5.08. The van der Waals surface area contributed by atoms with Crippen molar-refractivity contribution in [3.8, 4) is 5.69 Å². The fraction of sp³-hybridized carbons (Fsp3) is 0.467. The summed E-state index contributed by atoms with van der Waals surface area (Å²) in [5.41, 5.74) is 3.32. The van der Waals surface area contributed by atoms with Crippen LogP contribution in [0.4, 0.5) is 0 Å². The Morgan fingerprint density at radius 3 is 2.68 bits per heavy atom. The SMILES string of the molecule is CCC(C)=NOCc1c(CC)cccc1-n1nnn(C)c1=O. The molecule has 0 amide bonds. The summed E-state index contributed by atoms with van der Waals surface area (Å²) < 4.78 is 2.48. The molecule has 0 aliphatic heterocycles. The Bertz CT molecular complexity index is 730. The lowest BCUT2D eigenvalue weighted by atomic mass is 10.0. The van der Waals surface area contributed by atoms with Crippen LogP contribution in [0.25, 0.3) is 5.69 Å². The molecule has 0 aliphatic carbocycles. The quantitative estimate of drug-likeness (QED) is 0.603. The molecule has 22 heavy (non-hydrogen) atoms. The average Bonchev–Trinajstić information content (AvgIpc) is 2.86. The summed E-state index contributed by atoms with van der Waals surface area (Å²) in [6.07, 6.45) is 1.67. The highest BCUT2D eigenvalue weighted by Gasteiger charge is 2.14. The molecule has 7 nitrogen and oxygen atoms in total. The summed E-state index contributed by atoms with van der Waals surface area (Å²) in [5.74, 6) is 0. The minimum Gasteiger partial charge on any atom is -0.391 e. The second-order valence-corrected chi connectivity index (χ2v) is 5.02. The maximum Gasteiger partial charge on any atom is 0.368 e. The lowest BCUT2D eigenvalue weighted by Crippen LogP contribution is -2.23. The largest absolute Gasteiger partial charge is 0.391 e. The molecule has 0 atom stereocenters. The van der Waals surface area contributed by atoms with Gasteiger partial charge in [-0.15, -0.1) is 0 Å². The molecule has 0 fully saturated rings. The Morgan fingerprint density at radius 1 is 1.32 bits per heavy atom. The molecular weight excluding hydrogens is 282 g/mol. The van der Waals surface area contributed by atoms with Gasteiger partial charge in [-0.05, 0) is 41.8 Å². The van der Waals surface area contributed by atoms with Gasteiger partial charge in [0.1, 0.15) is 6.61 Å². The number of tetrazole rings is 1. The molecule has 0 radical (unpaired) electrons. The molecule has 118 valence electrons. The van der Waals surface area contributed by atoms with E-state index in [0.29, 0.717) is 12.3 Å². The van der Waals surface area contributed by atoms with Crippen LogP contribution in [0.15, 0.2) is 28.1 Å². The lowest BCUT2D eigenvalue weighted by Gasteiger charge is -2.12. The lowest BCUT2D eigenvalue weighted by molar-refractivity contribution is 0.129. The molecule has 0 unspecified atom stereocenters. The van der Waals surface area contributed by atoms with Gasteiger partial charge in [0, 0.05) is 12.6 Å². The van der Waals surface area contributed by atoms with Crippen LogP contribution in [0.5, 0.6) is 0 Å². The van der Waals surface area contributed by atoms with E-state index in [1.807, 2.05) is 32.0 Å². The normalized spacial score (nSPS) is 11.7. The van der Waals surface area contributed by atoms with Gasteiger partial charge in [0.2, 0.25) is 0 Å². The third-order valence-electron chi connectivity index (χ3n) is 3.52. The third kappa shape index (κ3) is 3.24. The zero-order valence-electron chi connectivity index (χ0n) is 13.4. The van der Waals surface area contributed by atoms with E-state index < -0.39 is 0 Å². The molecule has 0 spiro atoms. The van der Waals surface area contributed by atoms with Gasteiger partial charge in [0.25, 0.3) is 0 Å². The van der Waals surface area contributed by atoms with E-state index in [-0.39, 0.29) is 5.69 Å². The summed E-state index contributed by atoms with van der Waals surface area (Å²) in [4.78, 5) is 17.5. The minimum absolute atomic E-state index is 0.289. The van der Waals surface area contributed by atoms with Crippen LogP contribution in [-0.2, 0) is 24.9 Å². The van der Waals surface area contributed by atoms with Crippen molar-refractivity contribution in [2.45, 2.75) is 40.2 Å². The summed E-state index contributed by atoms with van der Waals surface area (Å²) >= 11 is 0. The Labute approximate surface area is 129 Å². The van der Waals surface area contributed by atoms with E-state index in [1.54, 1.807) is 7.05 Å². The molecule has 0 saturated heterocycles. The zero-order chi connectivity index (χ0) is 16.1. The number of aryl methyl sites for hydroxylation is 2. The second-order valence-electron chi connectivity index (χ2n) is 5.02. The first-order valence-corrected chi connectivity index (χ1v) is 7.34. The number of benzene rings is 1. The molecule has 1 aromatic carbocycles. The Morgan fingerprint density at radius 2 is 2.09 bits per heavy atom. The molecule has 1 aromatic heterocycles. The summed E-state index contributed by atoms with van der Waals surface area (Å²) in [6.45, 7) is 6.29. The van der Waals surface area contributed by atoms with Gasteiger partial charge in [-0.2, -0.15) is 9.36 Å². The molecule has 0 bridgehead atoms. The summed E-state index contributed by atoms with van der Waals surface area (Å²) in [6, 6.07) is 5.75. The topological polar surface area (TPSA) is 74.3 Å². The molecule has 2 rings (SSSR count). The molecule has 1 heterocycles. The molecule has 0 saturated carbocycles. The second kappa shape index (κ2) is 7.02. The fourth-order valence-corrected chi connectivity index (χ4v) is 2.05. The monoisotopic (exact) mass is 303 g/mol. The standard InChI is InChI=1S/C15H21N5O2/c1-5-11(3)16-22-10-13-12(6-2)8-7-9-14(13)20-15(21)19(4)17-18-20/h7-9H,5-6,10H2,1-4H3. The van der Waals surface area contributed by atoms with Crippen LogP contribution in [0.2, 0.25) is 0 Å². The van der Waals surface area contributed by atoms with Crippen molar-refractivity contribution in [1.82, 2.24) is 19.8 Å². The van der Waals surface area contributed by atoms with Crippen LogP contribution in [0.3, 0.4) is 0 Å². The van der Waals surface area contributed by atoms with E-state index in [1.165, 1.54) is 9.36 Å². The van der Waals surface area contributed by atoms with Crippen molar-refractivity contribution < 1.29 is 4.84 Å². The van der Waals surface area contributed by atoms with Crippen molar-refractivity contribution in [2.24, 2.45) is 12.2 Å². The van der Waals surface area contributed by atoms with Crippen molar-refractivity contribution in [3.05, 3.63) is 39.8 Å². The molecule has 7 heteroatoms. The number of rotatable bonds is 6. The van der Waals surface area contributed by atoms with E-state index >= 15 is 0 Å². The van der Waals surface area contributed by atoms with Crippen LogP contribution >= 0.6 is 0 Å². The molecular formula is C15H21N5O2. The smallest absolute Gasteiger partial charge is 0.368 e. The first-order valence-electron chi connectivity index (χ1n) is 7.34. The van der Waals surface area contributed by atoms with Crippen LogP contribution in [0.1, 0.15) is 38.3 Å². The number of hydrogen-bond donors (Lipinski definition) is 0. The predicted molar refractivity (Wildman–Crippen MR) is 84.2 cm³/mol. The first-order chi connectivity index (χ1) is 10.6. The third-order valence-corrected chi connectivity index (χ3v) is 3.52. The molecule has 0 aliphatic rings. The fourth-order valence-electron chi connectivity index (χ4n) is 2.05. The van der Waals surface area contributed by atoms with Crippen molar-refractivity contribution in [3.63, 3.8) is 0 Å². The van der Waals surface area contributed by atoms with E-state index in [9.17, 15) is 4.79 Å². The van der Waals surface area contributed by atoms with Crippen LogP contribution in [0, 0.1) is 0 Å². The number of nitrogens with zero attached hydrogens (tertiary/aromatic N) is 5. The maximum atomic E-state index is 12.1. The van der Waals surface area contributed by atoms with Gasteiger partial charge in [-0.25, -0.2) is 4.79 Å². The molecule has 2 aromatic rings. The van der Waals surface area contributed by atoms with Gasteiger partial charge in [-0.3, -0.25) is 0 Å². The predicted octanol–water partition coefficient (Wildman–Crippen LogP) is 1.83. The van der Waals surface area contributed by atoms with E-state index in [0.717, 1.165) is 29.7 Å². The van der Waals surface area contributed by atoms with Crippen LogP contribution < -0.4 is 5.69 Å². The van der Waals surface area contributed by atoms with Gasteiger partial charge < -0.3 is 4.84 Å². The van der Waals surface area contributed by atoms with Gasteiger partial charge in [0.05, 0.1) is 11.4 Å². The van der Waals surface area contributed by atoms with Crippen molar-refractivity contribution in [2.75, 3.05) is 0 Å². The number of aromatic nitrogens is 4. The Balaban J connectivity index is 2.42. The molecule has 0 N–H and O–H groups in total. The zero-order valence-corrected chi connectivity index (χ0v) is 13.4. The summed E-state index contributed by atoms with van der Waals surface area (Å²) in [7, 11) is 1.57. The van der Waals surface area contributed by atoms with Gasteiger partial charge in [-0.1, -0.05) is 31.1 Å². The highest BCUT2D eigenvalue weighted by molar-refractivity contribution is 5.80. The highest BCUT2D eigenvalue weighted by atomic mass is 16.6. The van der Waals surface area contributed by atoms with Crippen molar-refractivity contribution >= 4 is 5.71 Å². The minimum atomic E-state index is -0.289. The van der Waals surface area contributed by atoms with E-state index in [4.69, 9.17) is 4.84 Å². The van der Waals surface area contributed by atoms with Crippen LogP contribution in [-0.4, -0.2) is 25.5 Å². The summed E-state index contributed by atoms with van der Waals surface area (Å²) in [5, 5.41) is 11.7. The number of hydrogen-bond acceptors (Lipinski definition) is 5.